The Balaban J connectivity index is 1.15. The lowest BCUT2D eigenvalue weighted by Gasteiger charge is -2.29. The summed E-state index contributed by atoms with van der Waals surface area (Å²) in [5.74, 6) is 1.34. The van der Waals surface area contributed by atoms with E-state index in [1.165, 1.54) is 25.9 Å². The van der Waals surface area contributed by atoms with Crippen molar-refractivity contribution in [3.63, 3.8) is 0 Å². The second kappa shape index (κ2) is 9.39. The predicted octanol–water partition coefficient (Wildman–Crippen LogP) is 5.37. The van der Waals surface area contributed by atoms with Gasteiger partial charge in [-0.3, -0.25) is 19.6 Å². The highest BCUT2D eigenvalue weighted by Gasteiger charge is 2.27. The van der Waals surface area contributed by atoms with Crippen LogP contribution in [-0.2, 0) is 0 Å². The molecule has 3 heterocycles. The van der Waals surface area contributed by atoms with Gasteiger partial charge in [0.1, 0.15) is 18.1 Å². The number of rotatable bonds is 6. The van der Waals surface area contributed by atoms with E-state index in [1.54, 1.807) is 4.90 Å². The van der Waals surface area contributed by atoms with Crippen LogP contribution in [-0.4, -0.2) is 48.8 Å². The third-order valence-corrected chi connectivity index (χ3v) is 6.75. The van der Waals surface area contributed by atoms with Gasteiger partial charge in [0.05, 0.1) is 11.1 Å². The second-order valence-corrected chi connectivity index (χ2v) is 9.03. The van der Waals surface area contributed by atoms with E-state index in [0.717, 1.165) is 40.0 Å². The standard InChI is InChI=1S/C29H27N3O3/c33-29-26-12-7-21(23-17-22-5-1-2-6-27(22)30-19-23)18-28(26)35-20-32(29)24-8-10-25(11-9-24)34-16-15-31-13-3-4-14-31/h1-2,5-12,17-19H,3-4,13-16,20H2. The van der Waals surface area contributed by atoms with Crippen molar-refractivity contribution in [2.45, 2.75) is 12.8 Å². The van der Waals surface area contributed by atoms with Crippen molar-refractivity contribution in [1.29, 1.82) is 0 Å². The minimum Gasteiger partial charge on any atom is -0.492 e. The van der Waals surface area contributed by atoms with Crippen molar-refractivity contribution in [2.24, 2.45) is 0 Å². The molecule has 6 rings (SSSR count). The fourth-order valence-corrected chi connectivity index (χ4v) is 4.78. The molecule has 0 aliphatic carbocycles. The molecule has 1 saturated heterocycles. The van der Waals surface area contributed by atoms with Crippen molar-refractivity contribution in [3.05, 3.63) is 84.6 Å². The molecule has 1 amide bonds. The average Bonchev–Trinajstić information content (AvgIpc) is 3.43. The van der Waals surface area contributed by atoms with Crippen LogP contribution in [0.5, 0.6) is 11.5 Å². The number of amides is 1. The third kappa shape index (κ3) is 4.45. The molecule has 1 aromatic heterocycles. The highest BCUT2D eigenvalue weighted by atomic mass is 16.5. The molecule has 6 nitrogen and oxygen atoms in total. The number of aromatic nitrogens is 1. The fourth-order valence-electron chi connectivity index (χ4n) is 4.78. The van der Waals surface area contributed by atoms with E-state index >= 15 is 0 Å². The van der Waals surface area contributed by atoms with Crippen molar-refractivity contribution < 1.29 is 14.3 Å². The van der Waals surface area contributed by atoms with Gasteiger partial charge in [-0.15, -0.1) is 0 Å². The minimum atomic E-state index is -0.0721. The van der Waals surface area contributed by atoms with Crippen molar-refractivity contribution in [1.82, 2.24) is 9.88 Å². The highest BCUT2D eigenvalue weighted by Crippen LogP contribution is 2.33. The first-order valence-corrected chi connectivity index (χ1v) is 12.1. The lowest BCUT2D eigenvalue weighted by atomic mass is 10.0. The number of nitrogens with zero attached hydrogens (tertiary/aromatic N) is 3. The van der Waals surface area contributed by atoms with Crippen LogP contribution in [0, 0.1) is 0 Å². The molecule has 1 fully saturated rings. The zero-order valence-electron chi connectivity index (χ0n) is 19.5. The van der Waals surface area contributed by atoms with Crippen LogP contribution >= 0.6 is 0 Å². The van der Waals surface area contributed by atoms with E-state index in [0.29, 0.717) is 17.9 Å². The molecule has 0 N–H and O–H groups in total. The maximum absolute atomic E-state index is 13.2. The third-order valence-electron chi connectivity index (χ3n) is 6.75. The first kappa shape index (κ1) is 21.6. The van der Waals surface area contributed by atoms with Gasteiger partial charge in [0, 0.05) is 29.4 Å². The van der Waals surface area contributed by atoms with Gasteiger partial charge < -0.3 is 9.47 Å². The Kier molecular flexibility index (Phi) is 5.80. The molecule has 0 bridgehead atoms. The van der Waals surface area contributed by atoms with E-state index in [9.17, 15) is 4.79 Å². The van der Waals surface area contributed by atoms with Crippen LogP contribution in [0.2, 0.25) is 0 Å². The zero-order valence-corrected chi connectivity index (χ0v) is 19.5. The normalized spacial score (nSPS) is 15.8. The highest BCUT2D eigenvalue weighted by molar-refractivity contribution is 6.09. The molecule has 3 aromatic carbocycles. The Morgan fingerprint density at radius 1 is 0.914 bits per heavy atom. The summed E-state index contributed by atoms with van der Waals surface area (Å²) in [6.45, 7) is 4.13. The zero-order chi connectivity index (χ0) is 23.6. The summed E-state index contributed by atoms with van der Waals surface area (Å²) < 4.78 is 11.9. The van der Waals surface area contributed by atoms with Crippen LogP contribution in [0.4, 0.5) is 5.69 Å². The minimum absolute atomic E-state index is 0.0721. The molecule has 0 spiro atoms. The van der Waals surface area contributed by atoms with Gasteiger partial charge in [-0.05, 0) is 80.0 Å². The van der Waals surface area contributed by atoms with Crippen LogP contribution < -0.4 is 14.4 Å². The molecule has 2 aliphatic rings. The van der Waals surface area contributed by atoms with Crippen molar-refractivity contribution in [2.75, 3.05) is 37.9 Å². The van der Waals surface area contributed by atoms with E-state index in [1.807, 2.05) is 72.9 Å². The Hall–Kier alpha value is -3.90. The van der Waals surface area contributed by atoms with Crippen molar-refractivity contribution in [3.8, 4) is 22.6 Å². The molecule has 0 atom stereocenters. The quantitative estimate of drug-likeness (QED) is 0.383. The molecule has 0 radical (unpaired) electrons. The van der Waals surface area contributed by atoms with Crippen LogP contribution in [0.25, 0.3) is 22.0 Å². The van der Waals surface area contributed by atoms with Gasteiger partial charge in [-0.2, -0.15) is 0 Å². The molecular formula is C29H27N3O3. The summed E-state index contributed by atoms with van der Waals surface area (Å²) >= 11 is 0. The smallest absolute Gasteiger partial charge is 0.264 e. The Morgan fingerprint density at radius 2 is 1.74 bits per heavy atom. The summed E-state index contributed by atoms with van der Waals surface area (Å²) in [6, 6.07) is 23.5. The van der Waals surface area contributed by atoms with Gasteiger partial charge in [0.25, 0.3) is 5.91 Å². The number of hydrogen-bond donors (Lipinski definition) is 0. The topological polar surface area (TPSA) is 54.9 Å². The Labute approximate surface area is 204 Å². The number of carbonyl (C=O) groups is 1. The molecule has 0 unspecified atom stereocenters. The molecule has 35 heavy (non-hydrogen) atoms. The maximum atomic E-state index is 13.2. The van der Waals surface area contributed by atoms with E-state index < -0.39 is 0 Å². The summed E-state index contributed by atoms with van der Waals surface area (Å²) in [4.78, 5) is 21.9. The summed E-state index contributed by atoms with van der Waals surface area (Å²) in [7, 11) is 0. The van der Waals surface area contributed by atoms with E-state index in [-0.39, 0.29) is 12.6 Å². The van der Waals surface area contributed by atoms with E-state index in [2.05, 4.69) is 16.0 Å². The number of likely N-dealkylation sites (tertiary alicyclic amines) is 1. The lowest BCUT2D eigenvalue weighted by molar-refractivity contribution is 0.0937. The van der Waals surface area contributed by atoms with Crippen molar-refractivity contribution >= 4 is 22.5 Å². The average molecular weight is 466 g/mol. The van der Waals surface area contributed by atoms with Gasteiger partial charge in [-0.1, -0.05) is 24.3 Å². The predicted molar refractivity (Wildman–Crippen MR) is 137 cm³/mol. The van der Waals surface area contributed by atoms with Crippen LogP contribution in [0.3, 0.4) is 0 Å². The van der Waals surface area contributed by atoms with Crippen LogP contribution in [0.1, 0.15) is 23.2 Å². The molecule has 176 valence electrons. The molecule has 4 aromatic rings. The SMILES string of the molecule is O=C1c2ccc(-c3cnc4ccccc4c3)cc2OCN1c1ccc(OCCN2CCCC2)cc1. The van der Waals surface area contributed by atoms with Gasteiger partial charge in [-0.25, -0.2) is 0 Å². The number of pyridine rings is 1. The Bertz CT molecular complexity index is 1360. The largest absolute Gasteiger partial charge is 0.492 e. The second-order valence-electron chi connectivity index (χ2n) is 9.03. The molecule has 6 heteroatoms. The number of fused-ring (bicyclic) bond motifs is 2. The summed E-state index contributed by atoms with van der Waals surface area (Å²) in [6.07, 6.45) is 4.42. The number of para-hydroxylation sites is 1. The van der Waals surface area contributed by atoms with Gasteiger partial charge in [0.2, 0.25) is 0 Å². The number of ether oxygens (including phenoxy) is 2. The fraction of sp³-hybridized carbons (Fsp3) is 0.241. The number of hydrogen-bond acceptors (Lipinski definition) is 5. The molecule has 2 aliphatic heterocycles. The maximum Gasteiger partial charge on any atom is 0.264 e. The van der Waals surface area contributed by atoms with Gasteiger partial charge >= 0.3 is 0 Å². The van der Waals surface area contributed by atoms with Gasteiger partial charge in [0.15, 0.2) is 6.73 Å². The monoisotopic (exact) mass is 465 g/mol. The van der Waals surface area contributed by atoms with Crippen LogP contribution in [0.15, 0.2) is 79.0 Å². The molecular weight excluding hydrogens is 438 g/mol. The summed E-state index contributed by atoms with van der Waals surface area (Å²) in [5, 5.41) is 1.08. The number of carbonyl (C=O) groups excluding carboxylic acids is 1. The number of anilines is 1. The number of benzene rings is 3. The summed E-state index contributed by atoms with van der Waals surface area (Å²) in [5.41, 5.74) is 4.26. The lowest BCUT2D eigenvalue weighted by Crippen LogP contribution is -2.38. The Morgan fingerprint density at radius 3 is 2.60 bits per heavy atom. The first-order valence-electron chi connectivity index (χ1n) is 12.1. The molecule has 0 saturated carbocycles. The first-order chi connectivity index (χ1) is 17.2. The van der Waals surface area contributed by atoms with E-state index in [4.69, 9.17) is 9.47 Å².